The number of aliphatic hydroxyl groups is 1. The first kappa shape index (κ1) is 25.3. The van der Waals surface area contributed by atoms with Crippen molar-refractivity contribution in [3.63, 3.8) is 0 Å². The maximum absolute atomic E-state index is 13.6. The molecule has 0 saturated carbocycles. The van der Waals surface area contributed by atoms with Crippen molar-refractivity contribution in [2.75, 3.05) is 6.54 Å². The maximum atomic E-state index is 13.6. The lowest BCUT2D eigenvalue weighted by Gasteiger charge is -2.28. The molecule has 9 heteroatoms. The number of imidazole rings is 1. The number of fused-ring (bicyclic) bond motifs is 5. The molecule has 1 N–H and O–H groups in total. The van der Waals surface area contributed by atoms with Crippen molar-refractivity contribution in [3.8, 4) is 16.8 Å². The van der Waals surface area contributed by atoms with E-state index >= 15 is 0 Å². The number of rotatable bonds is 3. The summed E-state index contributed by atoms with van der Waals surface area (Å²) in [5.41, 5.74) is 7.46. The summed E-state index contributed by atoms with van der Waals surface area (Å²) in [6.45, 7) is 0.278. The van der Waals surface area contributed by atoms with E-state index in [1.807, 2.05) is 72.9 Å². The number of nitrogens with zero attached hydrogens (tertiary/aromatic N) is 5. The van der Waals surface area contributed by atoms with Crippen LogP contribution in [-0.2, 0) is 16.6 Å². The summed E-state index contributed by atoms with van der Waals surface area (Å²) in [5, 5.41) is 11.8. The van der Waals surface area contributed by atoms with Crippen LogP contribution in [0, 0.1) is 0 Å². The SMILES string of the molecule is Cn1c(=O)n(-c2ccc(C3=CCN4C(=O)C(O)C(=O)C4C3)cc2)c2c3cc(-c4cnc5ccccc5c4)ccc3ncc21. The molecule has 3 aromatic heterocycles. The highest BCUT2D eigenvalue weighted by Gasteiger charge is 2.47. The number of carbonyl (C=O) groups excluding carboxylic acids is 2. The molecule has 2 aliphatic heterocycles. The Labute approximate surface area is 245 Å². The average Bonchev–Trinajstić information content (AvgIpc) is 3.44. The van der Waals surface area contributed by atoms with Gasteiger partial charge in [-0.05, 0) is 53.1 Å². The second-order valence-electron chi connectivity index (χ2n) is 11.1. The number of Topliss-reactive ketones (excluding diaryl/α,β-unsaturated/α-hetero) is 1. The molecule has 3 aromatic carbocycles. The predicted octanol–water partition coefficient (Wildman–Crippen LogP) is 4.02. The number of aromatic nitrogens is 4. The van der Waals surface area contributed by atoms with E-state index in [0.29, 0.717) is 17.6 Å². The molecule has 5 heterocycles. The Kier molecular flexibility index (Phi) is 5.48. The minimum absolute atomic E-state index is 0.189. The van der Waals surface area contributed by atoms with Crippen molar-refractivity contribution < 1.29 is 14.7 Å². The van der Waals surface area contributed by atoms with Crippen LogP contribution in [0.4, 0.5) is 0 Å². The van der Waals surface area contributed by atoms with Crippen molar-refractivity contribution in [2.45, 2.75) is 18.6 Å². The number of amides is 1. The first-order valence-corrected chi connectivity index (χ1v) is 14.1. The quantitative estimate of drug-likeness (QED) is 0.324. The summed E-state index contributed by atoms with van der Waals surface area (Å²) in [4.78, 5) is 48.9. The van der Waals surface area contributed by atoms with Gasteiger partial charge in [0.1, 0.15) is 0 Å². The average molecular weight is 568 g/mol. The molecule has 1 saturated heterocycles. The zero-order valence-electron chi connectivity index (χ0n) is 23.1. The van der Waals surface area contributed by atoms with E-state index in [-0.39, 0.29) is 12.2 Å². The third-order valence-electron chi connectivity index (χ3n) is 8.74. The van der Waals surface area contributed by atoms with Gasteiger partial charge in [0.15, 0.2) is 11.9 Å². The second-order valence-corrected chi connectivity index (χ2v) is 11.1. The molecule has 9 nitrogen and oxygen atoms in total. The van der Waals surface area contributed by atoms with Crippen molar-refractivity contribution in [3.05, 3.63) is 107 Å². The Morgan fingerprint density at radius 1 is 0.837 bits per heavy atom. The van der Waals surface area contributed by atoms with Gasteiger partial charge in [0.05, 0.1) is 40.0 Å². The minimum atomic E-state index is -1.57. The zero-order chi connectivity index (χ0) is 29.4. The van der Waals surface area contributed by atoms with Crippen LogP contribution in [0.3, 0.4) is 0 Å². The van der Waals surface area contributed by atoms with Gasteiger partial charge in [-0.2, -0.15) is 0 Å². The van der Waals surface area contributed by atoms with Crippen molar-refractivity contribution in [1.82, 2.24) is 24.0 Å². The van der Waals surface area contributed by atoms with Gasteiger partial charge in [-0.25, -0.2) is 4.79 Å². The van der Waals surface area contributed by atoms with Crippen LogP contribution >= 0.6 is 0 Å². The summed E-state index contributed by atoms with van der Waals surface area (Å²) >= 11 is 0. The van der Waals surface area contributed by atoms with E-state index in [9.17, 15) is 19.5 Å². The van der Waals surface area contributed by atoms with Gasteiger partial charge >= 0.3 is 5.69 Å². The van der Waals surface area contributed by atoms with Crippen LogP contribution in [0.2, 0.25) is 0 Å². The smallest absolute Gasteiger partial charge is 0.333 e. The zero-order valence-corrected chi connectivity index (χ0v) is 23.1. The van der Waals surface area contributed by atoms with Gasteiger partial charge in [0, 0.05) is 42.5 Å². The lowest BCUT2D eigenvalue weighted by molar-refractivity contribution is -0.136. The number of hydrogen-bond acceptors (Lipinski definition) is 6. The van der Waals surface area contributed by atoms with Gasteiger partial charge < -0.3 is 10.0 Å². The lowest BCUT2D eigenvalue weighted by Crippen LogP contribution is -2.38. The molecule has 2 unspecified atom stereocenters. The Hall–Kier alpha value is -5.41. The Morgan fingerprint density at radius 3 is 2.44 bits per heavy atom. The summed E-state index contributed by atoms with van der Waals surface area (Å²) in [6, 6.07) is 23.1. The molecule has 8 rings (SSSR count). The summed E-state index contributed by atoms with van der Waals surface area (Å²) in [6.07, 6.45) is 4.29. The number of ketones is 1. The molecule has 0 radical (unpaired) electrons. The van der Waals surface area contributed by atoms with Gasteiger partial charge in [0.25, 0.3) is 5.91 Å². The summed E-state index contributed by atoms with van der Waals surface area (Å²) in [7, 11) is 1.74. The van der Waals surface area contributed by atoms with E-state index in [2.05, 4.69) is 22.1 Å². The first-order valence-electron chi connectivity index (χ1n) is 14.1. The van der Waals surface area contributed by atoms with Crippen molar-refractivity contribution >= 4 is 50.1 Å². The molecular formula is C34H25N5O4. The van der Waals surface area contributed by atoms with Gasteiger partial charge in [-0.3, -0.25) is 28.7 Å². The van der Waals surface area contributed by atoms with Gasteiger partial charge in [0.2, 0.25) is 0 Å². The standard InChI is InChI=1S/C34H25N5O4/c1-37-29-18-36-27-11-8-20(23-14-22-4-2-3-5-26(22)35-17-23)15-25(27)30(29)39(34(37)43)24-9-6-19(7-10-24)21-12-13-38-28(16-21)31(40)32(41)33(38)42/h2-12,14-15,17-18,28,32,41H,13,16H2,1H3. The molecule has 0 bridgehead atoms. The van der Waals surface area contributed by atoms with E-state index in [1.165, 1.54) is 4.90 Å². The number of benzene rings is 3. The lowest BCUT2D eigenvalue weighted by atomic mass is 9.93. The molecule has 0 spiro atoms. The van der Waals surface area contributed by atoms with Crippen molar-refractivity contribution in [1.29, 1.82) is 0 Å². The Morgan fingerprint density at radius 2 is 1.60 bits per heavy atom. The number of pyridine rings is 2. The normalized spacial score (nSPS) is 18.6. The summed E-state index contributed by atoms with van der Waals surface area (Å²) < 4.78 is 3.31. The fourth-order valence-corrected chi connectivity index (χ4v) is 6.40. The molecule has 1 fully saturated rings. The van der Waals surface area contributed by atoms with Crippen LogP contribution in [0.5, 0.6) is 0 Å². The molecule has 2 atom stereocenters. The van der Waals surface area contributed by atoms with Crippen LogP contribution in [0.25, 0.3) is 55.2 Å². The predicted molar refractivity (Wildman–Crippen MR) is 164 cm³/mol. The number of hydrogen-bond donors (Lipinski definition) is 1. The molecule has 0 aliphatic carbocycles. The third kappa shape index (κ3) is 3.78. The van der Waals surface area contributed by atoms with E-state index in [1.54, 1.807) is 22.4 Å². The highest BCUT2D eigenvalue weighted by Crippen LogP contribution is 2.33. The van der Waals surface area contributed by atoms with Crippen LogP contribution < -0.4 is 5.69 Å². The first-order chi connectivity index (χ1) is 20.9. The van der Waals surface area contributed by atoms with Gasteiger partial charge in [-0.15, -0.1) is 0 Å². The number of para-hydroxylation sites is 1. The highest BCUT2D eigenvalue weighted by molar-refractivity contribution is 6.13. The molecular weight excluding hydrogens is 542 g/mol. The molecule has 1 amide bonds. The maximum Gasteiger partial charge on any atom is 0.333 e. The Bertz CT molecular complexity index is 2250. The second kappa shape index (κ2) is 9.30. The van der Waals surface area contributed by atoms with Crippen molar-refractivity contribution in [2.24, 2.45) is 7.05 Å². The van der Waals surface area contributed by atoms with E-state index < -0.39 is 23.8 Å². The number of aliphatic hydroxyl groups excluding tert-OH is 1. The monoisotopic (exact) mass is 567 g/mol. The van der Waals surface area contributed by atoms with Crippen LogP contribution in [-0.4, -0.2) is 59.5 Å². The molecule has 2 aliphatic rings. The number of carbonyl (C=O) groups is 2. The number of aryl methyl sites for hydroxylation is 1. The fraction of sp³-hybridized carbons (Fsp3) is 0.147. The minimum Gasteiger partial charge on any atom is -0.376 e. The highest BCUT2D eigenvalue weighted by atomic mass is 16.3. The van der Waals surface area contributed by atoms with Gasteiger partial charge in [-0.1, -0.05) is 42.5 Å². The topological polar surface area (TPSA) is 110 Å². The van der Waals surface area contributed by atoms with Crippen LogP contribution in [0.15, 0.2) is 96.1 Å². The fourth-order valence-electron chi connectivity index (χ4n) is 6.40. The summed E-state index contributed by atoms with van der Waals surface area (Å²) in [5.74, 6) is -0.980. The third-order valence-corrected chi connectivity index (χ3v) is 8.74. The molecule has 210 valence electrons. The Balaban J connectivity index is 1.22. The largest absolute Gasteiger partial charge is 0.376 e. The molecule has 43 heavy (non-hydrogen) atoms. The van der Waals surface area contributed by atoms with E-state index in [4.69, 9.17) is 0 Å². The van der Waals surface area contributed by atoms with E-state index in [0.717, 1.165) is 49.6 Å². The van der Waals surface area contributed by atoms with Crippen LogP contribution in [0.1, 0.15) is 12.0 Å². The molecule has 6 aromatic rings.